The number of methoxy groups -OCH3 is 1. The van der Waals surface area contributed by atoms with Crippen LogP contribution in [0.2, 0.25) is 0 Å². The molecule has 23 heavy (non-hydrogen) atoms. The van der Waals surface area contributed by atoms with Gasteiger partial charge < -0.3 is 10.1 Å². The van der Waals surface area contributed by atoms with Crippen LogP contribution in [0, 0.1) is 11.7 Å². The zero-order chi connectivity index (χ0) is 15.4. The SMILES string of the molecule is COc1cccc(F)c1[C@@H](C1CCCCC1)N1CCNCC1.Cl. The number of nitrogens with zero attached hydrogens (tertiary/aromatic N) is 1. The van der Waals surface area contributed by atoms with Crippen molar-refractivity contribution >= 4 is 12.4 Å². The van der Waals surface area contributed by atoms with Crippen molar-refractivity contribution < 1.29 is 9.13 Å². The zero-order valence-corrected chi connectivity index (χ0v) is 14.7. The van der Waals surface area contributed by atoms with Crippen molar-refractivity contribution in [3.63, 3.8) is 0 Å². The van der Waals surface area contributed by atoms with Crippen LogP contribution in [0.3, 0.4) is 0 Å². The molecule has 0 amide bonds. The van der Waals surface area contributed by atoms with Crippen LogP contribution in [0.25, 0.3) is 0 Å². The monoisotopic (exact) mass is 342 g/mol. The van der Waals surface area contributed by atoms with E-state index in [2.05, 4.69) is 10.2 Å². The Morgan fingerprint density at radius 1 is 1.17 bits per heavy atom. The lowest BCUT2D eigenvalue weighted by Gasteiger charge is -2.41. The van der Waals surface area contributed by atoms with Gasteiger partial charge in [0.2, 0.25) is 0 Å². The second-order valence-electron chi connectivity index (χ2n) is 6.48. The van der Waals surface area contributed by atoms with Gasteiger partial charge in [-0.15, -0.1) is 12.4 Å². The first-order chi connectivity index (χ1) is 10.8. The summed E-state index contributed by atoms with van der Waals surface area (Å²) in [6.45, 7) is 3.94. The van der Waals surface area contributed by atoms with Gasteiger partial charge in [-0.25, -0.2) is 4.39 Å². The molecule has 0 radical (unpaired) electrons. The topological polar surface area (TPSA) is 24.5 Å². The fraction of sp³-hybridized carbons (Fsp3) is 0.667. The summed E-state index contributed by atoms with van der Waals surface area (Å²) in [6, 6.07) is 5.37. The Morgan fingerprint density at radius 3 is 2.52 bits per heavy atom. The van der Waals surface area contributed by atoms with E-state index in [1.54, 1.807) is 19.2 Å². The quantitative estimate of drug-likeness (QED) is 0.901. The molecule has 0 unspecified atom stereocenters. The normalized spacial score (nSPS) is 21.5. The largest absolute Gasteiger partial charge is 0.496 e. The molecule has 1 saturated heterocycles. The summed E-state index contributed by atoms with van der Waals surface area (Å²) in [5, 5.41) is 3.40. The van der Waals surface area contributed by atoms with E-state index in [-0.39, 0.29) is 24.3 Å². The standard InChI is InChI=1S/C18H27FN2O.ClH/c1-22-16-9-5-8-15(19)17(16)18(14-6-3-2-4-7-14)21-12-10-20-11-13-21;/h5,8-9,14,18,20H,2-4,6-7,10-13H2,1H3;1H/t18-;/m1./s1. The van der Waals surface area contributed by atoms with Crippen LogP contribution in [0.15, 0.2) is 18.2 Å². The Hall–Kier alpha value is -0.840. The highest BCUT2D eigenvalue weighted by molar-refractivity contribution is 5.85. The van der Waals surface area contributed by atoms with Gasteiger partial charge in [0.15, 0.2) is 0 Å². The highest BCUT2D eigenvalue weighted by atomic mass is 35.5. The summed E-state index contributed by atoms with van der Waals surface area (Å²) in [5.74, 6) is 1.13. The van der Waals surface area contributed by atoms with Crippen LogP contribution < -0.4 is 10.1 Å². The Bertz CT molecular complexity index is 470. The fourth-order valence-corrected chi connectivity index (χ4v) is 4.11. The van der Waals surface area contributed by atoms with Gasteiger partial charge in [0.1, 0.15) is 11.6 Å². The van der Waals surface area contributed by atoms with E-state index in [1.165, 1.54) is 32.1 Å². The van der Waals surface area contributed by atoms with Crippen LogP contribution in [0.1, 0.15) is 43.7 Å². The number of ether oxygens (including phenoxy) is 1. The molecule has 1 aromatic rings. The predicted molar refractivity (Wildman–Crippen MR) is 94.0 cm³/mol. The average molecular weight is 343 g/mol. The second kappa shape index (κ2) is 8.86. The van der Waals surface area contributed by atoms with Crippen LogP contribution in [0.4, 0.5) is 4.39 Å². The van der Waals surface area contributed by atoms with Crippen molar-refractivity contribution in [3.8, 4) is 5.75 Å². The minimum Gasteiger partial charge on any atom is -0.496 e. The molecule has 2 fully saturated rings. The molecule has 1 heterocycles. The molecule has 0 bridgehead atoms. The van der Waals surface area contributed by atoms with E-state index in [4.69, 9.17) is 4.74 Å². The maximum atomic E-state index is 14.7. The minimum atomic E-state index is -0.117. The van der Waals surface area contributed by atoms with Crippen molar-refractivity contribution in [2.75, 3.05) is 33.3 Å². The maximum absolute atomic E-state index is 14.7. The predicted octanol–water partition coefficient (Wildman–Crippen LogP) is 3.78. The average Bonchev–Trinajstić information content (AvgIpc) is 2.58. The molecule has 1 saturated carbocycles. The van der Waals surface area contributed by atoms with E-state index in [9.17, 15) is 4.39 Å². The summed E-state index contributed by atoms with van der Waals surface area (Å²) >= 11 is 0. The number of benzene rings is 1. The molecule has 0 spiro atoms. The summed E-state index contributed by atoms with van der Waals surface area (Å²) in [7, 11) is 1.65. The summed E-state index contributed by atoms with van der Waals surface area (Å²) in [4.78, 5) is 2.47. The maximum Gasteiger partial charge on any atom is 0.131 e. The van der Waals surface area contributed by atoms with Gasteiger partial charge in [-0.05, 0) is 30.9 Å². The van der Waals surface area contributed by atoms with Crippen molar-refractivity contribution in [1.82, 2.24) is 10.2 Å². The Kier molecular flexibility index (Phi) is 7.12. The first-order valence-corrected chi connectivity index (χ1v) is 8.58. The highest BCUT2D eigenvalue weighted by Crippen LogP contribution is 2.42. The van der Waals surface area contributed by atoms with Crippen molar-refractivity contribution in [2.24, 2.45) is 5.92 Å². The lowest BCUT2D eigenvalue weighted by Crippen LogP contribution is -2.47. The van der Waals surface area contributed by atoms with E-state index < -0.39 is 0 Å². The number of rotatable bonds is 4. The summed E-state index contributed by atoms with van der Waals surface area (Å²) in [5.41, 5.74) is 0.777. The molecule has 1 atom stereocenters. The number of halogens is 2. The van der Waals surface area contributed by atoms with Gasteiger partial charge in [0.05, 0.1) is 7.11 Å². The molecule has 1 aliphatic heterocycles. The van der Waals surface area contributed by atoms with E-state index in [0.717, 1.165) is 31.7 Å². The second-order valence-corrected chi connectivity index (χ2v) is 6.48. The zero-order valence-electron chi connectivity index (χ0n) is 13.9. The molecule has 1 N–H and O–H groups in total. The molecule has 130 valence electrons. The van der Waals surface area contributed by atoms with Crippen LogP contribution in [0.5, 0.6) is 5.75 Å². The molecule has 3 nitrogen and oxygen atoms in total. The van der Waals surface area contributed by atoms with Crippen LogP contribution >= 0.6 is 12.4 Å². The third-order valence-corrected chi connectivity index (χ3v) is 5.17. The first kappa shape index (κ1) is 18.5. The molecule has 2 aliphatic rings. The number of hydrogen-bond acceptors (Lipinski definition) is 3. The fourth-order valence-electron chi connectivity index (χ4n) is 4.11. The van der Waals surface area contributed by atoms with Gasteiger partial charge in [0.25, 0.3) is 0 Å². The molecular weight excluding hydrogens is 315 g/mol. The van der Waals surface area contributed by atoms with Gasteiger partial charge in [0, 0.05) is 37.8 Å². The van der Waals surface area contributed by atoms with Gasteiger partial charge >= 0.3 is 0 Å². The number of hydrogen-bond donors (Lipinski definition) is 1. The van der Waals surface area contributed by atoms with Gasteiger partial charge in [-0.1, -0.05) is 25.3 Å². The van der Waals surface area contributed by atoms with Crippen LogP contribution in [-0.2, 0) is 0 Å². The summed E-state index contributed by atoms with van der Waals surface area (Å²) < 4.78 is 20.2. The van der Waals surface area contributed by atoms with Crippen molar-refractivity contribution in [1.29, 1.82) is 0 Å². The number of piperazine rings is 1. The first-order valence-electron chi connectivity index (χ1n) is 8.58. The molecule has 0 aromatic heterocycles. The summed E-state index contributed by atoms with van der Waals surface area (Å²) in [6.07, 6.45) is 6.26. The van der Waals surface area contributed by atoms with E-state index in [1.807, 2.05) is 6.07 Å². The smallest absolute Gasteiger partial charge is 0.131 e. The van der Waals surface area contributed by atoms with Crippen molar-refractivity contribution in [3.05, 3.63) is 29.6 Å². The third kappa shape index (κ3) is 4.17. The highest BCUT2D eigenvalue weighted by Gasteiger charge is 2.34. The van der Waals surface area contributed by atoms with E-state index in [0.29, 0.717) is 11.7 Å². The molecule has 3 rings (SSSR count). The van der Waals surface area contributed by atoms with E-state index >= 15 is 0 Å². The lowest BCUT2D eigenvalue weighted by molar-refractivity contribution is 0.0983. The molecular formula is C18H28ClFN2O. The van der Waals surface area contributed by atoms with Gasteiger partial charge in [-0.2, -0.15) is 0 Å². The van der Waals surface area contributed by atoms with Crippen LogP contribution in [-0.4, -0.2) is 38.2 Å². The lowest BCUT2D eigenvalue weighted by atomic mass is 9.79. The number of nitrogens with one attached hydrogen (secondary N) is 1. The Labute approximate surface area is 145 Å². The third-order valence-electron chi connectivity index (χ3n) is 5.17. The minimum absolute atomic E-state index is 0. The molecule has 1 aromatic carbocycles. The molecule has 1 aliphatic carbocycles. The van der Waals surface area contributed by atoms with Crippen molar-refractivity contribution in [2.45, 2.75) is 38.1 Å². The Balaban J connectivity index is 0.00000192. The Morgan fingerprint density at radius 2 is 1.87 bits per heavy atom. The molecule has 5 heteroatoms. The van der Waals surface area contributed by atoms with Gasteiger partial charge in [-0.3, -0.25) is 4.90 Å².